The van der Waals surface area contributed by atoms with E-state index >= 15 is 0 Å². The highest BCUT2D eigenvalue weighted by molar-refractivity contribution is 14.1. The van der Waals surface area contributed by atoms with Crippen LogP contribution in [0, 0.1) is 15.4 Å². The third-order valence-electron chi connectivity index (χ3n) is 4.32. The minimum absolute atomic E-state index is 0.285. The molecule has 1 aliphatic rings. The Morgan fingerprint density at radius 3 is 2.54 bits per heavy atom. The van der Waals surface area contributed by atoms with Crippen molar-refractivity contribution in [3.63, 3.8) is 0 Å². The number of halogens is 1. The number of ether oxygens (including phenoxy) is 1. The molecule has 0 aromatic heterocycles. The monoisotopic (exact) mass is 466 g/mol. The Bertz CT molecular complexity index is 641. The maximum Gasteiger partial charge on any atom is 0.240 e. The van der Waals surface area contributed by atoms with Crippen LogP contribution in [0.15, 0.2) is 23.1 Å². The van der Waals surface area contributed by atoms with Crippen LogP contribution >= 0.6 is 22.6 Å². The molecule has 0 aliphatic carbocycles. The molecule has 1 N–H and O–H groups in total. The van der Waals surface area contributed by atoms with Gasteiger partial charge in [0.15, 0.2) is 0 Å². The maximum absolute atomic E-state index is 12.4. The summed E-state index contributed by atoms with van der Waals surface area (Å²) in [7, 11) is -1.89. The van der Waals surface area contributed by atoms with E-state index < -0.39 is 10.0 Å². The number of methoxy groups -OCH3 is 1. The summed E-state index contributed by atoms with van der Waals surface area (Å²) in [5.74, 6) is 2.14. The summed E-state index contributed by atoms with van der Waals surface area (Å²) in [5.41, 5.74) is 0. The minimum Gasteiger partial charge on any atom is -0.496 e. The van der Waals surface area contributed by atoms with Crippen LogP contribution in [0.3, 0.4) is 0 Å². The number of hydrogen-bond donors (Lipinski definition) is 1. The van der Waals surface area contributed by atoms with Gasteiger partial charge in [-0.15, -0.1) is 0 Å². The van der Waals surface area contributed by atoms with Gasteiger partial charge < -0.3 is 9.64 Å². The Morgan fingerprint density at radius 2 is 1.96 bits per heavy atom. The summed E-state index contributed by atoms with van der Waals surface area (Å²) in [5, 5.41) is 0. The summed E-state index contributed by atoms with van der Waals surface area (Å²) < 4.78 is 33.4. The fourth-order valence-corrected chi connectivity index (χ4v) is 5.43. The third-order valence-corrected chi connectivity index (χ3v) is 6.62. The van der Waals surface area contributed by atoms with Crippen molar-refractivity contribution < 1.29 is 13.2 Å². The largest absolute Gasteiger partial charge is 0.496 e. The Kier molecular flexibility index (Phi) is 7.33. The normalized spacial score (nSPS) is 22.5. The van der Waals surface area contributed by atoms with Crippen LogP contribution in [0.5, 0.6) is 5.75 Å². The molecule has 1 heterocycles. The van der Waals surface area contributed by atoms with Crippen LogP contribution in [0.4, 0.5) is 0 Å². The molecule has 0 radical (unpaired) electrons. The molecule has 0 unspecified atom stereocenters. The highest BCUT2D eigenvalue weighted by atomic mass is 127. The third kappa shape index (κ3) is 5.57. The van der Waals surface area contributed by atoms with E-state index in [1.54, 1.807) is 25.3 Å². The van der Waals surface area contributed by atoms with Crippen LogP contribution < -0.4 is 9.46 Å². The number of piperidine rings is 1. The molecule has 1 fully saturated rings. The number of nitrogens with one attached hydrogen (secondary N) is 1. The Hall–Kier alpha value is -0.380. The summed E-state index contributed by atoms with van der Waals surface area (Å²) in [6, 6.07) is 4.90. The molecule has 1 aliphatic heterocycles. The van der Waals surface area contributed by atoms with Crippen LogP contribution in [0.25, 0.3) is 0 Å². The number of hydrogen-bond acceptors (Lipinski definition) is 4. The van der Waals surface area contributed by atoms with E-state index in [2.05, 4.69) is 46.1 Å². The van der Waals surface area contributed by atoms with Crippen LogP contribution in [0.2, 0.25) is 0 Å². The Morgan fingerprint density at radius 1 is 1.29 bits per heavy atom. The summed E-state index contributed by atoms with van der Waals surface area (Å²) in [6.07, 6.45) is 2.12. The van der Waals surface area contributed by atoms with E-state index in [-0.39, 0.29) is 4.90 Å². The molecule has 1 aromatic rings. The molecular formula is C17H27IN2O3S. The standard InChI is InChI=1S/C17H27IN2O3S/c1-13-9-14(2)12-20(11-13)8-4-7-19-24(21,22)15-5-6-17(23-3)16(18)10-15/h5-6,10,13-14,19H,4,7-9,11-12H2,1-3H3/t13-,14-/m0/s1. The molecular weight excluding hydrogens is 439 g/mol. The van der Waals surface area contributed by atoms with Crippen LogP contribution in [-0.4, -0.2) is 46.6 Å². The Labute approximate surface area is 159 Å². The van der Waals surface area contributed by atoms with Crippen LogP contribution in [0.1, 0.15) is 26.7 Å². The lowest BCUT2D eigenvalue weighted by atomic mass is 9.92. The van der Waals surface area contributed by atoms with Crippen molar-refractivity contribution in [1.29, 1.82) is 0 Å². The fraction of sp³-hybridized carbons (Fsp3) is 0.647. The van der Waals surface area contributed by atoms with Crippen molar-refractivity contribution in [3.8, 4) is 5.75 Å². The van der Waals surface area contributed by atoms with Gasteiger partial charge in [0.1, 0.15) is 5.75 Å². The van der Waals surface area contributed by atoms with Crippen molar-refractivity contribution in [2.45, 2.75) is 31.6 Å². The summed E-state index contributed by atoms with van der Waals surface area (Å²) >= 11 is 2.08. The predicted molar refractivity (Wildman–Crippen MR) is 105 cm³/mol. The fourth-order valence-electron chi connectivity index (χ4n) is 3.38. The predicted octanol–water partition coefficient (Wildman–Crippen LogP) is 2.95. The minimum atomic E-state index is -3.46. The van der Waals surface area contributed by atoms with Crippen molar-refractivity contribution in [3.05, 3.63) is 21.8 Å². The van der Waals surface area contributed by atoms with Crippen molar-refractivity contribution >= 4 is 32.6 Å². The van der Waals surface area contributed by atoms with Crippen LogP contribution in [-0.2, 0) is 10.0 Å². The molecule has 136 valence electrons. The number of rotatable bonds is 7. The van der Waals surface area contributed by atoms with E-state index in [1.807, 2.05) is 0 Å². The highest BCUT2D eigenvalue weighted by Crippen LogP contribution is 2.24. The van der Waals surface area contributed by atoms with Crippen molar-refractivity contribution in [2.24, 2.45) is 11.8 Å². The number of benzene rings is 1. The van der Waals surface area contributed by atoms with Gasteiger partial charge in [-0.1, -0.05) is 13.8 Å². The zero-order valence-electron chi connectivity index (χ0n) is 14.6. The average Bonchev–Trinajstić information content (AvgIpc) is 2.50. The topological polar surface area (TPSA) is 58.6 Å². The lowest BCUT2D eigenvalue weighted by Crippen LogP contribution is -2.40. The first-order chi connectivity index (χ1) is 11.3. The first kappa shape index (κ1) is 19.9. The second-order valence-electron chi connectivity index (χ2n) is 6.75. The maximum atomic E-state index is 12.4. The molecule has 7 heteroatoms. The van der Waals surface area contributed by atoms with Gasteiger partial charge in [-0.05, 0) is 72.0 Å². The smallest absolute Gasteiger partial charge is 0.240 e. The zero-order chi connectivity index (χ0) is 17.7. The first-order valence-electron chi connectivity index (χ1n) is 8.37. The van der Waals surface area contributed by atoms with Gasteiger partial charge in [0.25, 0.3) is 0 Å². The second-order valence-corrected chi connectivity index (χ2v) is 9.68. The summed E-state index contributed by atoms with van der Waals surface area (Å²) in [4.78, 5) is 2.73. The molecule has 0 bridgehead atoms. The van der Waals surface area contributed by atoms with Gasteiger partial charge in [-0.25, -0.2) is 13.1 Å². The van der Waals surface area contributed by atoms with E-state index in [0.717, 1.165) is 41.5 Å². The molecule has 24 heavy (non-hydrogen) atoms. The first-order valence-corrected chi connectivity index (χ1v) is 10.9. The molecule has 1 saturated heterocycles. The molecule has 1 aromatic carbocycles. The van der Waals surface area contributed by atoms with E-state index in [1.165, 1.54) is 6.42 Å². The average molecular weight is 466 g/mol. The Balaban J connectivity index is 1.83. The number of nitrogens with zero attached hydrogens (tertiary/aromatic N) is 1. The quantitative estimate of drug-likeness (QED) is 0.496. The molecule has 2 rings (SSSR count). The number of likely N-dealkylation sites (tertiary alicyclic amines) is 1. The molecule has 0 spiro atoms. The highest BCUT2D eigenvalue weighted by Gasteiger charge is 2.21. The van der Waals surface area contributed by atoms with E-state index in [0.29, 0.717) is 12.3 Å². The van der Waals surface area contributed by atoms with Gasteiger partial charge in [-0.2, -0.15) is 0 Å². The lowest BCUT2D eigenvalue weighted by molar-refractivity contribution is 0.140. The molecule has 5 nitrogen and oxygen atoms in total. The number of sulfonamides is 1. The SMILES string of the molecule is COc1ccc(S(=O)(=O)NCCCN2C[C@@H](C)C[C@H](C)C2)cc1I. The van der Waals surface area contributed by atoms with Gasteiger partial charge in [0.05, 0.1) is 15.6 Å². The lowest BCUT2D eigenvalue weighted by Gasteiger charge is -2.34. The molecule has 0 amide bonds. The van der Waals surface area contributed by atoms with E-state index in [4.69, 9.17) is 4.74 Å². The second kappa shape index (κ2) is 8.82. The van der Waals surface area contributed by atoms with Gasteiger partial charge in [0.2, 0.25) is 10.0 Å². The summed E-state index contributed by atoms with van der Waals surface area (Å²) in [6.45, 7) is 8.22. The van der Waals surface area contributed by atoms with Crippen molar-refractivity contribution in [1.82, 2.24) is 9.62 Å². The molecule has 2 atom stereocenters. The molecule has 0 saturated carbocycles. The zero-order valence-corrected chi connectivity index (χ0v) is 17.6. The van der Waals surface area contributed by atoms with E-state index in [9.17, 15) is 8.42 Å². The van der Waals surface area contributed by atoms with Gasteiger partial charge in [-0.3, -0.25) is 0 Å². The van der Waals surface area contributed by atoms with Gasteiger partial charge in [0, 0.05) is 19.6 Å². The van der Waals surface area contributed by atoms with Gasteiger partial charge >= 0.3 is 0 Å². The van der Waals surface area contributed by atoms with Crippen molar-refractivity contribution in [2.75, 3.05) is 33.3 Å².